The fourth-order valence-electron chi connectivity index (χ4n) is 1.58. The van der Waals surface area contributed by atoms with E-state index in [9.17, 15) is 4.79 Å². The van der Waals surface area contributed by atoms with Crippen LogP contribution in [0.2, 0.25) is 0 Å². The lowest BCUT2D eigenvalue weighted by molar-refractivity contribution is -0.116. The van der Waals surface area contributed by atoms with Crippen molar-refractivity contribution in [3.63, 3.8) is 0 Å². The quantitative estimate of drug-likeness (QED) is 0.773. The van der Waals surface area contributed by atoms with E-state index >= 15 is 0 Å². The highest BCUT2D eigenvalue weighted by atomic mass is 16.5. The zero-order chi connectivity index (χ0) is 12.1. The average Bonchev–Trinajstić information content (AvgIpc) is 2.74. The zero-order valence-electron chi connectivity index (χ0n) is 9.82. The first kappa shape index (κ1) is 11.7. The number of benzene rings is 1. The summed E-state index contributed by atoms with van der Waals surface area (Å²) in [6, 6.07) is 7.73. The van der Waals surface area contributed by atoms with Gasteiger partial charge >= 0.3 is 0 Å². The first-order valence-corrected chi connectivity index (χ1v) is 5.76. The van der Waals surface area contributed by atoms with Crippen LogP contribution in [0.15, 0.2) is 29.8 Å². The number of ether oxygens (including phenoxy) is 1. The van der Waals surface area contributed by atoms with Crippen molar-refractivity contribution >= 4 is 12.0 Å². The van der Waals surface area contributed by atoms with Crippen LogP contribution in [-0.4, -0.2) is 19.1 Å². The Labute approximate surface area is 101 Å². The van der Waals surface area contributed by atoms with Gasteiger partial charge in [0.2, 0.25) is 0 Å². The van der Waals surface area contributed by atoms with Crippen LogP contribution in [0, 0.1) is 0 Å². The number of hydrazine groups is 1. The Kier molecular flexibility index (Phi) is 3.77. The van der Waals surface area contributed by atoms with Gasteiger partial charge in [-0.05, 0) is 30.2 Å². The van der Waals surface area contributed by atoms with Crippen LogP contribution in [0.25, 0.3) is 6.08 Å². The maximum atomic E-state index is 11.3. The molecule has 0 spiro atoms. The number of carbonyl (C=O) groups is 1. The number of nitrogens with one attached hydrogen (secondary N) is 2. The van der Waals surface area contributed by atoms with Crippen LogP contribution in [0.5, 0.6) is 5.75 Å². The standard InChI is InChI=1S/C13H16N2O2/c1-2-7-17-12-5-3-10(4-6-12)8-11-9-14-15-13(11)16/h3-6,8,14H,2,7,9H2,1H3,(H,15,16)/b11-8+. The van der Waals surface area contributed by atoms with E-state index in [4.69, 9.17) is 4.74 Å². The third-order valence-electron chi connectivity index (χ3n) is 2.47. The molecule has 1 heterocycles. The van der Waals surface area contributed by atoms with Crippen LogP contribution < -0.4 is 15.6 Å². The summed E-state index contributed by atoms with van der Waals surface area (Å²) in [6.45, 7) is 3.37. The molecule has 1 aromatic carbocycles. The third-order valence-corrected chi connectivity index (χ3v) is 2.47. The molecule has 2 N–H and O–H groups in total. The molecule has 1 amide bonds. The SMILES string of the molecule is CCCOc1ccc(/C=C2\CNNC2=O)cc1. The summed E-state index contributed by atoms with van der Waals surface area (Å²) in [5.74, 6) is 0.805. The second-order valence-electron chi connectivity index (χ2n) is 3.89. The Hall–Kier alpha value is -1.81. The minimum absolute atomic E-state index is 0.0590. The molecule has 1 aliphatic rings. The second-order valence-corrected chi connectivity index (χ2v) is 3.89. The van der Waals surface area contributed by atoms with Crippen molar-refractivity contribution in [1.82, 2.24) is 10.9 Å². The molecule has 2 rings (SSSR count). The van der Waals surface area contributed by atoms with Crippen molar-refractivity contribution in [2.75, 3.05) is 13.2 Å². The van der Waals surface area contributed by atoms with Crippen LogP contribution in [0.3, 0.4) is 0 Å². The smallest absolute Gasteiger partial charge is 0.262 e. The molecule has 17 heavy (non-hydrogen) atoms. The molecule has 4 heteroatoms. The number of carbonyl (C=O) groups excluding carboxylic acids is 1. The van der Waals surface area contributed by atoms with Gasteiger partial charge in [-0.15, -0.1) is 0 Å². The minimum Gasteiger partial charge on any atom is -0.494 e. The van der Waals surface area contributed by atoms with E-state index in [2.05, 4.69) is 17.8 Å². The molecule has 0 bridgehead atoms. The van der Waals surface area contributed by atoms with Gasteiger partial charge in [-0.2, -0.15) is 0 Å². The van der Waals surface area contributed by atoms with Crippen LogP contribution >= 0.6 is 0 Å². The maximum absolute atomic E-state index is 11.3. The minimum atomic E-state index is -0.0590. The van der Waals surface area contributed by atoms with Gasteiger partial charge in [-0.25, -0.2) is 5.43 Å². The molecule has 0 aromatic heterocycles. The van der Waals surface area contributed by atoms with Gasteiger partial charge in [-0.1, -0.05) is 19.1 Å². The lowest BCUT2D eigenvalue weighted by atomic mass is 10.1. The van der Waals surface area contributed by atoms with E-state index in [1.807, 2.05) is 30.3 Å². The van der Waals surface area contributed by atoms with Crippen LogP contribution in [0.4, 0.5) is 0 Å². The van der Waals surface area contributed by atoms with Gasteiger partial charge in [0, 0.05) is 12.1 Å². The van der Waals surface area contributed by atoms with Crippen LogP contribution in [0.1, 0.15) is 18.9 Å². The Balaban J connectivity index is 2.05. The molecule has 0 radical (unpaired) electrons. The summed E-state index contributed by atoms with van der Waals surface area (Å²) < 4.78 is 5.49. The number of hydrogen-bond acceptors (Lipinski definition) is 3. The van der Waals surface area contributed by atoms with Crippen molar-refractivity contribution in [1.29, 1.82) is 0 Å². The predicted octanol–water partition coefficient (Wildman–Crippen LogP) is 1.49. The molecule has 0 unspecified atom stereocenters. The molecular formula is C13H16N2O2. The summed E-state index contributed by atoms with van der Waals surface area (Å²) in [6.07, 6.45) is 2.87. The monoisotopic (exact) mass is 232 g/mol. The number of hydrogen-bond donors (Lipinski definition) is 2. The Morgan fingerprint density at radius 2 is 2.12 bits per heavy atom. The lowest BCUT2D eigenvalue weighted by Gasteiger charge is -2.04. The second kappa shape index (κ2) is 5.50. The van der Waals surface area contributed by atoms with Gasteiger partial charge < -0.3 is 4.74 Å². The summed E-state index contributed by atoms with van der Waals surface area (Å²) in [7, 11) is 0. The van der Waals surface area contributed by atoms with Gasteiger partial charge in [-0.3, -0.25) is 10.2 Å². The molecular weight excluding hydrogens is 216 g/mol. The molecule has 90 valence electrons. The topological polar surface area (TPSA) is 50.4 Å². The molecule has 0 saturated carbocycles. The molecule has 1 fully saturated rings. The van der Waals surface area contributed by atoms with E-state index < -0.39 is 0 Å². The predicted molar refractivity (Wildman–Crippen MR) is 66.4 cm³/mol. The van der Waals surface area contributed by atoms with E-state index in [0.717, 1.165) is 29.9 Å². The van der Waals surface area contributed by atoms with Crippen molar-refractivity contribution < 1.29 is 9.53 Å². The van der Waals surface area contributed by atoms with Gasteiger partial charge in [0.05, 0.1) is 6.61 Å². The molecule has 1 aliphatic heterocycles. The van der Waals surface area contributed by atoms with Gasteiger partial charge in [0.15, 0.2) is 0 Å². The van der Waals surface area contributed by atoms with E-state index in [0.29, 0.717) is 6.54 Å². The Morgan fingerprint density at radius 3 is 2.71 bits per heavy atom. The molecule has 0 atom stereocenters. The van der Waals surface area contributed by atoms with Crippen LogP contribution in [-0.2, 0) is 4.79 Å². The summed E-state index contributed by atoms with van der Waals surface area (Å²) in [4.78, 5) is 11.3. The highest BCUT2D eigenvalue weighted by Gasteiger charge is 2.14. The zero-order valence-corrected chi connectivity index (χ0v) is 9.82. The first-order valence-electron chi connectivity index (χ1n) is 5.76. The van der Waals surface area contributed by atoms with E-state index in [-0.39, 0.29) is 5.91 Å². The Morgan fingerprint density at radius 1 is 1.35 bits per heavy atom. The van der Waals surface area contributed by atoms with E-state index in [1.165, 1.54) is 0 Å². The van der Waals surface area contributed by atoms with Crippen molar-refractivity contribution in [2.45, 2.75) is 13.3 Å². The van der Waals surface area contributed by atoms with Gasteiger partial charge in [0.1, 0.15) is 5.75 Å². The highest BCUT2D eigenvalue weighted by Crippen LogP contribution is 2.15. The first-order chi connectivity index (χ1) is 8.29. The number of amides is 1. The van der Waals surface area contributed by atoms with E-state index in [1.54, 1.807) is 0 Å². The largest absolute Gasteiger partial charge is 0.494 e. The average molecular weight is 232 g/mol. The summed E-state index contributed by atoms with van der Waals surface area (Å²) in [5, 5.41) is 0. The lowest BCUT2D eigenvalue weighted by Crippen LogP contribution is -2.25. The fourth-order valence-corrected chi connectivity index (χ4v) is 1.58. The highest BCUT2D eigenvalue weighted by molar-refractivity contribution is 5.99. The van der Waals surface area contributed by atoms with Crippen molar-refractivity contribution in [3.8, 4) is 5.75 Å². The molecule has 1 aromatic rings. The van der Waals surface area contributed by atoms with Crippen molar-refractivity contribution in [3.05, 3.63) is 35.4 Å². The fraction of sp³-hybridized carbons (Fsp3) is 0.308. The molecule has 4 nitrogen and oxygen atoms in total. The number of rotatable bonds is 4. The Bertz CT molecular complexity index is 424. The molecule has 1 saturated heterocycles. The maximum Gasteiger partial charge on any atom is 0.262 e. The van der Waals surface area contributed by atoms with Crippen molar-refractivity contribution in [2.24, 2.45) is 0 Å². The summed E-state index contributed by atoms with van der Waals surface area (Å²) >= 11 is 0. The normalized spacial score (nSPS) is 17.2. The third kappa shape index (κ3) is 3.07. The van der Waals surface area contributed by atoms with Gasteiger partial charge in [0.25, 0.3) is 5.91 Å². The molecule has 0 aliphatic carbocycles. The summed E-state index contributed by atoms with van der Waals surface area (Å²) in [5.41, 5.74) is 7.08.